The number of aromatic amines is 1. The van der Waals surface area contributed by atoms with Crippen LogP contribution in [-0.2, 0) is 31.6 Å². The fraction of sp³-hybridized carbons (Fsp3) is 0.600. The normalized spacial score (nSPS) is 18.4. The Morgan fingerprint density at radius 2 is 2.42 bits per heavy atom. The first-order chi connectivity index (χ1) is 5.36. The van der Waals surface area contributed by atoms with Gasteiger partial charge in [-0.2, -0.15) is 9.78 Å². The fourth-order valence-electron chi connectivity index (χ4n) is 0.714. The number of rotatable bonds is 3. The Labute approximate surface area is 79.0 Å². The summed E-state index contributed by atoms with van der Waals surface area (Å²) in [4.78, 5) is 8.79. The van der Waals surface area contributed by atoms with Gasteiger partial charge < -0.3 is 4.74 Å². The maximum Gasteiger partial charge on any atom is 0.330 e. The van der Waals surface area contributed by atoms with Crippen LogP contribution in [0.5, 0.6) is 0 Å². The van der Waals surface area contributed by atoms with Crippen molar-refractivity contribution in [3.8, 4) is 0 Å². The molecule has 7 heteroatoms. The first-order valence-corrected chi connectivity index (χ1v) is 3.20. The second-order valence-electron chi connectivity index (χ2n) is 2.16. The number of aromatic nitrogens is 3. The molecule has 0 aliphatic carbocycles. The molecule has 1 aliphatic rings. The van der Waals surface area contributed by atoms with Crippen LogP contribution in [0.2, 0.25) is 0 Å². The Hall–Kier alpha value is -0.461. The Kier molecular flexibility index (Phi) is 3.19. The van der Waals surface area contributed by atoms with Gasteiger partial charge in [0, 0.05) is 23.3 Å². The monoisotopic (exact) mass is 212 g/mol. The third-order valence-electron chi connectivity index (χ3n) is 1.34. The van der Waals surface area contributed by atoms with E-state index < -0.39 is 6.48 Å². The fourth-order valence-corrected chi connectivity index (χ4v) is 0.714. The SMILES string of the molecule is CC(OC1OO1)c1c[nH]nn1.[Mn]. The van der Waals surface area contributed by atoms with E-state index in [-0.39, 0.29) is 23.2 Å². The molecule has 1 N–H and O–H groups in total. The van der Waals surface area contributed by atoms with E-state index in [4.69, 9.17) is 4.74 Å². The molecular weight excluding hydrogens is 205 g/mol. The van der Waals surface area contributed by atoms with Crippen LogP contribution in [0.3, 0.4) is 0 Å². The molecule has 1 fully saturated rings. The number of ether oxygens (including phenoxy) is 1. The zero-order valence-corrected chi connectivity index (χ0v) is 7.41. The molecule has 1 unspecified atom stereocenters. The Morgan fingerprint density at radius 1 is 1.67 bits per heavy atom. The Bertz CT molecular complexity index is 226. The van der Waals surface area contributed by atoms with Crippen LogP contribution in [0.1, 0.15) is 18.7 Å². The average Bonchev–Trinajstić information content (AvgIpc) is 2.67. The summed E-state index contributed by atoms with van der Waals surface area (Å²) >= 11 is 0. The molecule has 6 nitrogen and oxygen atoms in total. The summed E-state index contributed by atoms with van der Waals surface area (Å²) in [6.45, 7) is 1.31. The summed E-state index contributed by atoms with van der Waals surface area (Å²) in [5, 5.41) is 9.87. The summed E-state index contributed by atoms with van der Waals surface area (Å²) in [7, 11) is 0. The molecule has 0 aromatic carbocycles. The second kappa shape index (κ2) is 3.97. The standard InChI is InChI=1S/C5H7N3O3.Mn/c1-3(9-5-10-11-5)4-2-6-8-7-4;/h2-3,5H,1H3,(H,6,7,8);. The minimum absolute atomic E-state index is 0. The largest absolute Gasteiger partial charge is 0.330 e. The molecule has 0 spiro atoms. The van der Waals surface area contributed by atoms with E-state index in [1.165, 1.54) is 0 Å². The van der Waals surface area contributed by atoms with E-state index in [1.807, 2.05) is 6.92 Å². The van der Waals surface area contributed by atoms with Crippen LogP contribution < -0.4 is 0 Å². The van der Waals surface area contributed by atoms with Crippen molar-refractivity contribution in [1.82, 2.24) is 15.4 Å². The van der Waals surface area contributed by atoms with Crippen molar-refractivity contribution in [2.75, 3.05) is 0 Å². The minimum Gasteiger partial charge on any atom is -0.317 e. The van der Waals surface area contributed by atoms with Crippen molar-refractivity contribution in [3.05, 3.63) is 11.9 Å². The number of nitrogens with zero attached hydrogens (tertiary/aromatic N) is 2. The third-order valence-corrected chi connectivity index (χ3v) is 1.34. The Morgan fingerprint density at radius 3 is 2.92 bits per heavy atom. The van der Waals surface area contributed by atoms with Crippen molar-refractivity contribution >= 4 is 0 Å². The van der Waals surface area contributed by atoms with Gasteiger partial charge in [-0.15, -0.1) is 5.10 Å². The average molecular weight is 212 g/mol. The van der Waals surface area contributed by atoms with Crippen LogP contribution in [0.4, 0.5) is 0 Å². The van der Waals surface area contributed by atoms with E-state index in [9.17, 15) is 0 Å². The van der Waals surface area contributed by atoms with Gasteiger partial charge >= 0.3 is 6.48 Å². The zero-order valence-electron chi connectivity index (χ0n) is 6.23. The predicted octanol–water partition coefficient (Wildman–Crippen LogP) is 0.125. The quantitative estimate of drug-likeness (QED) is 0.437. The van der Waals surface area contributed by atoms with E-state index in [0.29, 0.717) is 0 Å². The van der Waals surface area contributed by atoms with Crippen molar-refractivity contribution in [2.24, 2.45) is 0 Å². The summed E-state index contributed by atoms with van der Waals surface area (Å²) in [6, 6.07) is 0. The molecule has 1 saturated heterocycles. The van der Waals surface area contributed by atoms with Gasteiger partial charge in [-0.3, -0.25) is 5.10 Å². The van der Waals surface area contributed by atoms with Crippen LogP contribution in [0.15, 0.2) is 6.20 Å². The van der Waals surface area contributed by atoms with Gasteiger partial charge in [0.25, 0.3) is 0 Å². The van der Waals surface area contributed by atoms with Crippen molar-refractivity contribution < 1.29 is 31.6 Å². The maximum absolute atomic E-state index is 5.14. The van der Waals surface area contributed by atoms with Crippen molar-refractivity contribution in [2.45, 2.75) is 19.5 Å². The van der Waals surface area contributed by atoms with E-state index in [2.05, 4.69) is 25.2 Å². The molecule has 2 heterocycles. The molecule has 12 heavy (non-hydrogen) atoms. The van der Waals surface area contributed by atoms with Crippen LogP contribution >= 0.6 is 0 Å². The molecule has 0 saturated carbocycles. The molecule has 0 amide bonds. The maximum atomic E-state index is 5.14. The molecule has 1 aromatic rings. The molecular formula is C5H7MnN3O3. The van der Waals surface area contributed by atoms with Gasteiger partial charge in [0.2, 0.25) is 0 Å². The minimum atomic E-state index is -0.526. The third kappa shape index (κ3) is 2.26. The number of hydrogen-bond acceptors (Lipinski definition) is 5. The van der Waals surface area contributed by atoms with E-state index >= 15 is 0 Å². The van der Waals surface area contributed by atoms with Crippen LogP contribution in [-0.4, -0.2) is 21.9 Å². The van der Waals surface area contributed by atoms with Gasteiger partial charge in [-0.25, -0.2) is 0 Å². The smallest absolute Gasteiger partial charge is 0.317 e. The van der Waals surface area contributed by atoms with E-state index in [0.717, 1.165) is 5.69 Å². The van der Waals surface area contributed by atoms with Crippen molar-refractivity contribution in [3.63, 3.8) is 0 Å². The molecule has 1 radical (unpaired) electrons. The Balaban J connectivity index is 0.000000720. The summed E-state index contributed by atoms with van der Waals surface area (Å²) in [6.07, 6.45) is 1.49. The summed E-state index contributed by atoms with van der Waals surface area (Å²) < 4.78 is 5.14. The summed E-state index contributed by atoms with van der Waals surface area (Å²) in [5.74, 6) is 0. The zero-order chi connectivity index (χ0) is 7.68. The van der Waals surface area contributed by atoms with Gasteiger partial charge in [0.05, 0.1) is 0 Å². The van der Waals surface area contributed by atoms with Gasteiger partial charge in [0.1, 0.15) is 11.8 Å². The van der Waals surface area contributed by atoms with E-state index in [1.54, 1.807) is 6.20 Å². The van der Waals surface area contributed by atoms with Crippen molar-refractivity contribution in [1.29, 1.82) is 0 Å². The number of hydrogen-bond donors (Lipinski definition) is 1. The first-order valence-electron chi connectivity index (χ1n) is 3.20. The van der Waals surface area contributed by atoms with Crippen LogP contribution in [0, 0.1) is 0 Å². The topological polar surface area (TPSA) is 75.9 Å². The van der Waals surface area contributed by atoms with Gasteiger partial charge in [-0.05, 0) is 6.92 Å². The molecule has 0 bridgehead atoms. The molecule has 1 aliphatic heterocycles. The van der Waals surface area contributed by atoms with Crippen LogP contribution in [0.25, 0.3) is 0 Å². The molecule has 67 valence electrons. The number of nitrogens with one attached hydrogen (secondary N) is 1. The van der Waals surface area contributed by atoms with Gasteiger partial charge in [0.15, 0.2) is 0 Å². The van der Waals surface area contributed by atoms with Gasteiger partial charge in [-0.1, -0.05) is 5.21 Å². The first kappa shape index (κ1) is 9.63. The molecule has 2 rings (SSSR count). The second-order valence-corrected chi connectivity index (χ2v) is 2.16. The molecule has 1 atom stereocenters. The molecule has 1 aromatic heterocycles. The predicted molar refractivity (Wildman–Crippen MR) is 31.8 cm³/mol. The number of H-pyrrole nitrogens is 1. The summed E-state index contributed by atoms with van der Waals surface area (Å²) in [5.41, 5.74) is 0.726.